The van der Waals surface area contributed by atoms with Crippen LogP contribution in [-0.2, 0) is 21.4 Å². The number of rotatable bonds is 13. The van der Waals surface area contributed by atoms with Crippen LogP contribution in [0, 0.1) is 21.1 Å². The van der Waals surface area contributed by atoms with E-state index in [0.29, 0.717) is 23.7 Å². The molecule has 8 nitrogen and oxygen atoms in total. The molecule has 1 aliphatic carbocycles. The molecule has 0 spiro atoms. The van der Waals surface area contributed by atoms with Crippen LogP contribution in [0.3, 0.4) is 0 Å². The summed E-state index contributed by atoms with van der Waals surface area (Å²) in [5.41, 5.74) is 2.42. The van der Waals surface area contributed by atoms with E-state index >= 15 is 8.78 Å². The van der Waals surface area contributed by atoms with Gasteiger partial charge in [0.1, 0.15) is 4.90 Å². The van der Waals surface area contributed by atoms with Gasteiger partial charge in [0.25, 0.3) is 5.91 Å². The van der Waals surface area contributed by atoms with Gasteiger partial charge in [-0.1, -0.05) is 30.3 Å². The topological polar surface area (TPSA) is 91.0 Å². The molecule has 0 heterocycles. The van der Waals surface area contributed by atoms with E-state index in [-0.39, 0.29) is 19.7 Å². The lowest BCUT2D eigenvalue weighted by atomic mass is 10.1. The second kappa shape index (κ2) is 13.3. The molecular formula is C28H31F2IN4O4S. The molecule has 3 aromatic carbocycles. The number of amides is 1. The van der Waals surface area contributed by atoms with Gasteiger partial charge >= 0.3 is 0 Å². The quantitative estimate of drug-likeness (QED) is 0.192. The number of nitrogens with zero attached hydrogens (tertiary/aromatic N) is 2. The highest BCUT2D eigenvalue weighted by Gasteiger charge is 2.33. The molecule has 0 aliphatic heterocycles. The van der Waals surface area contributed by atoms with Crippen LogP contribution in [0.5, 0.6) is 0 Å². The van der Waals surface area contributed by atoms with Crippen LogP contribution >= 0.6 is 22.6 Å². The number of carbonyl (C=O) groups excluding carboxylic acids is 1. The van der Waals surface area contributed by atoms with E-state index in [2.05, 4.69) is 33.4 Å². The average Bonchev–Trinajstić information content (AvgIpc) is 3.75. The normalized spacial score (nSPS) is 13.6. The Morgan fingerprint density at radius 1 is 1.02 bits per heavy atom. The number of carbonyl (C=O) groups is 1. The van der Waals surface area contributed by atoms with Crippen LogP contribution in [0.2, 0.25) is 0 Å². The minimum Gasteiger partial charge on any atom is -0.352 e. The third kappa shape index (κ3) is 7.75. The number of nitrogens with one attached hydrogen (secondary N) is 2. The summed E-state index contributed by atoms with van der Waals surface area (Å²) in [6.07, 6.45) is 1.96. The van der Waals surface area contributed by atoms with E-state index in [0.717, 1.165) is 26.8 Å². The second-order valence-corrected chi connectivity index (χ2v) is 13.0. The molecule has 1 saturated carbocycles. The second-order valence-electron chi connectivity index (χ2n) is 9.87. The highest BCUT2D eigenvalue weighted by atomic mass is 127. The summed E-state index contributed by atoms with van der Waals surface area (Å²) >= 11 is 2.10. The van der Waals surface area contributed by atoms with Crippen LogP contribution in [-0.4, -0.2) is 57.3 Å². The highest BCUT2D eigenvalue weighted by Crippen LogP contribution is 2.33. The van der Waals surface area contributed by atoms with Gasteiger partial charge in [0.2, 0.25) is 10.0 Å². The molecule has 0 saturated heterocycles. The van der Waals surface area contributed by atoms with Crippen LogP contribution in [0.1, 0.15) is 28.8 Å². The van der Waals surface area contributed by atoms with E-state index in [1.54, 1.807) is 73.6 Å². The van der Waals surface area contributed by atoms with Gasteiger partial charge in [-0.25, -0.2) is 22.7 Å². The highest BCUT2D eigenvalue weighted by molar-refractivity contribution is 14.1. The predicted molar refractivity (Wildman–Crippen MR) is 158 cm³/mol. The zero-order chi connectivity index (χ0) is 28.9. The van der Waals surface area contributed by atoms with Gasteiger partial charge in [0.15, 0.2) is 11.6 Å². The standard InChI is InChI=1S/C28H31F2IN4O4S/c1-34(2)14-15-35(17-19-6-4-3-5-7-19)40(37,38)24-16-23(28(36)33-39-18-20-8-9-20)27(26(30)25(24)29)32-22-12-10-21(31)11-13-22/h3-7,10-13,16,20,32H,8-9,14-15,17-18H2,1-2H3,(H,33,36). The lowest BCUT2D eigenvalue weighted by molar-refractivity contribution is 0.0270. The van der Waals surface area contributed by atoms with Crippen molar-refractivity contribution in [1.29, 1.82) is 0 Å². The molecule has 1 fully saturated rings. The van der Waals surface area contributed by atoms with Crippen molar-refractivity contribution >= 4 is 49.9 Å². The fourth-order valence-electron chi connectivity index (χ4n) is 3.86. The molecule has 12 heteroatoms. The monoisotopic (exact) mass is 684 g/mol. The SMILES string of the molecule is CN(C)CCN(Cc1ccccc1)S(=O)(=O)c1cc(C(=O)NOCC2CC2)c(Nc2ccc(I)cc2)c(F)c1F. The van der Waals surface area contributed by atoms with Crippen molar-refractivity contribution in [3.05, 3.63) is 87.0 Å². The van der Waals surface area contributed by atoms with Gasteiger partial charge in [-0.3, -0.25) is 9.63 Å². The maximum atomic E-state index is 15.7. The third-order valence-corrected chi connectivity index (χ3v) is 8.89. The first-order chi connectivity index (χ1) is 19.1. The molecule has 40 heavy (non-hydrogen) atoms. The van der Waals surface area contributed by atoms with Gasteiger partial charge in [-0.05, 0) is 91.3 Å². The lowest BCUT2D eigenvalue weighted by Crippen LogP contribution is -2.37. The van der Waals surface area contributed by atoms with Crippen molar-refractivity contribution in [2.24, 2.45) is 5.92 Å². The molecule has 1 aliphatic rings. The van der Waals surface area contributed by atoms with Crippen molar-refractivity contribution in [3.63, 3.8) is 0 Å². The zero-order valence-electron chi connectivity index (χ0n) is 22.2. The number of benzene rings is 3. The molecule has 0 bridgehead atoms. The smallest absolute Gasteiger partial charge is 0.277 e. The molecule has 0 unspecified atom stereocenters. The van der Waals surface area contributed by atoms with E-state index in [1.807, 2.05) is 0 Å². The third-order valence-electron chi connectivity index (χ3n) is 6.33. The number of halogens is 3. The molecule has 0 atom stereocenters. The van der Waals surface area contributed by atoms with Gasteiger partial charge in [-0.2, -0.15) is 4.31 Å². The minimum absolute atomic E-state index is 0.0139. The Bertz CT molecular complexity index is 1440. The first kappa shape index (κ1) is 30.3. The maximum Gasteiger partial charge on any atom is 0.277 e. The Morgan fingerprint density at radius 2 is 1.70 bits per heavy atom. The van der Waals surface area contributed by atoms with Crippen molar-refractivity contribution in [1.82, 2.24) is 14.7 Å². The summed E-state index contributed by atoms with van der Waals surface area (Å²) in [6.45, 7) is 0.563. The molecule has 3 aromatic rings. The summed E-state index contributed by atoms with van der Waals surface area (Å²) in [5, 5.41) is 2.74. The molecule has 4 rings (SSSR count). The number of likely N-dealkylation sites (N-methyl/N-ethyl adjacent to an activating group) is 1. The number of hydroxylamine groups is 1. The van der Waals surface area contributed by atoms with Crippen molar-refractivity contribution in [2.75, 3.05) is 39.1 Å². The fraction of sp³-hybridized carbons (Fsp3) is 0.321. The van der Waals surface area contributed by atoms with Crippen molar-refractivity contribution < 1.29 is 26.8 Å². The van der Waals surface area contributed by atoms with E-state index in [9.17, 15) is 13.2 Å². The average molecular weight is 685 g/mol. The lowest BCUT2D eigenvalue weighted by Gasteiger charge is -2.25. The molecular weight excluding hydrogens is 653 g/mol. The largest absolute Gasteiger partial charge is 0.352 e. The van der Waals surface area contributed by atoms with Gasteiger partial charge < -0.3 is 10.2 Å². The molecule has 2 N–H and O–H groups in total. The predicted octanol–water partition coefficient (Wildman–Crippen LogP) is 5.14. The molecule has 1 amide bonds. The first-order valence-electron chi connectivity index (χ1n) is 12.7. The summed E-state index contributed by atoms with van der Waals surface area (Å²) in [5.74, 6) is -3.63. The molecule has 214 valence electrons. The minimum atomic E-state index is -4.58. The van der Waals surface area contributed by atoms with Crippen LogP contribution in [0.4, 0.5) is 20.2 Å². The van der Waals surface area contributed by atoms with Crippen LogP contribution < -0.4 is 10.8 Å². The van der Waals surface area contributed by atoms with Crippen LogP contribution in [0.15, 0.2) is 65.6 Å². The van der Waals surface area contributed by atoms with Gasteiger partial charge in [-0.15, -0.1) is 0 Å². The van der Waals surface area contributed by atoms with Gasteiger partial charge in [0, 0.05) is 28.9 Å². The summed E-state index contributed by atoms with van der Waals surface area (Å²) in [4.78, 5) is 19.3. The summed E-state index contributed by atoms with van der Waals surface area (Å²) < 4.78 is 61.0. The summed E-state index contributed by atoms with van der Waals surface area (Å²) in [7, 11) is -1.02. The number of anilines is 2. The number of hydrogen-bond acceptors (Lipinski definition) is 6. The maximum absolute atomic E-state index is 15.7. The number of hydrogen-bond donors (Lipinski definition) is 2. The Kier molecular flexibility index (Phi) is 10.1. The Hall–Kier alpha value is -2.65. The van der Waals surface area contributed by atoms with E-state index < -0.39 is 43.7 Å². The van der Waals surface area contributed by atoms with Gasteiger partial charge in [0.05, 0.1) is 17.9 Å². The Balaban J connectivity index is 1.75. The van der Waals surface area contributed by atoms with E-state index in [1.165, 1.54) is 0 Å². The molecule has 0 aromatic heterocycles. The van der Waals surface area contributed by atoms with Crippen LogP contribution in [0.25, 0.3) is 0 Å². The van der Waals surface area contributed by atoms with Crippen molar-refractivity contribution in [3.8, 4) is 0 Å². The molecule has 0 radical (unpaired) electrons. The van der Waals surface area contributed by atoms with Crippen molar-refractivity contribution in [2.45, 2.75) is 24.3 Å². The first-order valence-corrected chi connectivity index (χ1v) is 15.2. The Morgan fingerprint density at radius 3 is 2.33 bits per heavy atom. The summed E-state index contributed by atoms with van der Waals surface area (Å²) in [6, 6.07) is 16.5. The Labute approximate surface area is 246 Å². The number of sulfonamides is 1. The fourth-order valence-corrected chi connectivity index (χ4v) is 5.72. The zero-order valence-corrected chi connectivity index (χ0v) is 25.1. The van der Waals surface area contributed by atoms with E-state index in [4.69, 9.17) is 4.84 Å².